The first-order chi connectivity index (χ1) is 10.7. The standard InChI is InChI=1S/C16H16ClN3OS/c17-13-5-2-10(3-6-13)9-22-16-19-18-15(21)20(16)14-8-11-1-4-12(14)7-11/h1-6,11-12,14H,7-9H2,(H,18,21)/t11-,12-,14-/m0/s1. The van der Waals surface area contributed by atoms with Crippen molar-refractivity contribution in [1.29, 1.82) is 0 Å². The van der Waals surface area contributed by atoms with Crippen molar-refractivity contribution >= 4 is 23.4 Å². The summed E-state index contributed by atoms with van der Waals surface area (Å²) in [5.74, 6) is 1.89. The topological polar surface area (TPSA) is 50.7 Å². The molecule has 6 heteroatoms. The predicted molar refractivity (Wildman–Crippen MR) is 88.3 cm³/mol. The molecule has 0 saturated heterocycles. The summed E-state index contributed by atoms with van der Waals surface area (Å²) in [4.78, 5) is 12.1. The molecular weight excluding hydrogens is 318 g/mol. The first-order valence-electron chi connectivity index (χ1n) is 7.43. The molecule has 2 aromatic rings. The summed E-state index contributed by atoms with van der Waals surface area (Å²) in [7, 11) is 0. The number of halogens is 1. The summed E-state index contributed by atoms with van der Waals surface area (Å²) in [6.45, 7) is 0. The Kier molecular flexibility index (Phi) is 3.62. The van der Waals surface area contributed by atoms with Gasteiger partial charge in [0.15, 0.2) is 5.16 Å². The number of nitrogens with one attached hydrogen (secondary N) is 1. The van der Waals surface area contributed by atoms with Crippen LogP contribution in [0.5, 0.6) is 0 Å². The fourth-order valence-electron chi connectivity index (χ4n) is 3.46. The number of fused-ring (bicyclic) bond motifs is 2. The zero-order valence-corrected chi connectivity index (χ0v) is 13.5. The van der Waals surface area contributed by atoms with E-state index in [2.05, 4.69) is 22.3 Å². The van der Waals surface area contributed by atoms with Crippen LogP contribution in [0, 0.1) is 11.8 Å². The lowest BCUT2D eigenvalue weighted by Gasteiger charge is -2.20. The Morgan fingerprint density at radius 2 is 2.09 bits per heavy atom. The highest BCUT2D eigenvalue weighted by Gasteiger charge is 2.38. The summed E-state index contributed by atoms with van der Waals surface area (Å²) >= 11 is 7.50. The lowest BCUT2D eigenvalue weighted by atomic mass is 10.0. The number of thioether (sulfide) groups is 1. The number of hydrogen-bond donors (Lipinski definition) is 1. The van der Waals surface area contributed by atoms with E-state index in [0.717, 1.165) is 22.4 Å². The van der Waals surface area contributed by atoms with E-state index in [1.54, 1.807) is 11.8 Å². The molecule has 2 aliphatic rings. The van der Waals surface area contributed by atoms with Crippen LogP contribution in [-0.4, -0.2) is 14.8 Å². The summed E-state index contributed by atoms with van der Waals surface area (Å²) in [5.41, 5.74) is 1.08. The van der Waals surface area contributed by atoms with Crippen molar-refractivity contribution in [2.75, 3.05) is 0 Å². The minimum absolute atomic E-state index is 0.0930. The summed E-state index contributed by atoms with van der Waals surface area (Å²) in [5, 5.41) is 8.34. The van der Waals surface area contributed by atoms with Gasteiger partial charge >= 0.3 is 5.69 Å². The Balaban J connectivity index is 1.54. The number of rotatable bonds is 4. The molecule has 0 aliphatic heterocycles. The van der Waals surface area contributed by atoms with Gasteiger partial charge in [-0.1, -0.05) is 47.6 Å². The van der Waals surface area contributed by atoms with Crippen LogP contribution in [0.1, 0.15) is 24.4 Å². The quantitative estimate of drug-likeness (QED) is 0.686. The lowest BCUT2D eigenvalue weighted by molar-refractivity contribution is 0.396. The van der Waals surface area contributed by atoms with Crippen molar-refractivity contribution in [2.24, 2.45) is 11.8 Å². The Bertz CT molecular complexity index is 764. The molecule has 1 N–H and O–H groups in total. The zero-order chi connectivity index (χ0) is 15.1. The first kappa shape index (κ1) is 14.2. The maximum absolute atomic E-state index is 12.1. The Hall–Kier alpha value is -1.46. The maximum Gasteiger partial charge on any atom is 0.344 e. The largest absolute Gasteiger partial charge is 0.344 e. The van der Waals surface area contributed by atoms with E-state index in [1.807, 2.05) is 28.8 Å². The molecule has 4 rings (SSSR count). The third-order valence-electron chi connectivity index (χ3n) is 4.53. The molecule has 3 atom stereocenters. The van der Waals surface area contributed by atoms with Gasteiger partial charge in [-0.05, 0) is 42.4 Å². The van der Waals surface area contributed by atoms with Gasteiger partial charge in [0.2, 0.25) is 0 Å². The predicted octanol–water partition coefficient (Wildman–Crippen LogP) is 3.65. The number of hydrogen-bond acceptors (Lipinski definition) is 3. The van der Waals surface area contributed by atoms with Gasteiger partial charge in [0.05, 0.1) is 0 Å². The van der Waals surface area contributed by atoms with Crippen molar-refractivity contribution in [3.8, 4) is 0 Å². The van der Waals surface area contributed by atoms with E-state index in [4.69, 9.17) is 11.6 Å². The highest BCUT2D eigenvalue weighted by atomic mass is 35.5. The molecule has 1 aromatic carbocycles. The van der Waals surface area contributed by atoms with Crippen molar-refractivity contribution in [3.05, 3.63) is 57.5 Å². The van der Waals surface area contributed by atoms with Crippen LogP contribution in [0.3, 0.4) is 0 Å². The maximum atomic E-state index is 12.1. The number of nitrogens with zero attached hydrogens (tertiary/aromatic N) is 2. The molecule has 1 heterocycles. The minimum Gasteiger partial charge on any atom is -0.266 e. The summed E-state index contributed by atoms with van der Waals surface area (Å²) in [6, 6.07) is 8.04. The van der Waals surface area contributed by atoms with Gasteiger partial charge in [-0.25, -0.2) is 9.89 Å². The fourth-order valence-corrected chi connectivity index (χ4v) is 4.54. The number of aromatic amines is 1. The van der Waals surface area contributed by atoms with Crippen LogP contribution in [0.4, 0.5) is 0 Å². The average molecular weight is 334 g/mol. The molecule has 1 aromatic heterocycles. The second-order valence-corrected chi connectivity index (χ2v) is 7.32. The average Bonchev–Trinajstić information content (AvgIpc) is 3.22. The highest BCUT2D eigenvalue weighted by Crippen LogP contribution is 2.46. The van der Waals surface area contributed by atoms with Gasteiger partial charge in [0, 0.05) is 16.8 Å². The van der Waals surface area contributed by atoms with E-state index in [-0.39, 0.29) is 11.7 Å². The first-order valence-corrected chi connectivity index (χ1v) is 8.79. The monoisotopic (exact) mass is 333 g/mol. The molecule has 0 spiro atoms. The molecular formula is C16H16ClN3OS. The van der Waals surface area contributed by atoms with Gasteiger partial charge in [-0.2, -0.15) is 0 Å². The molecule has 1 saturated carbocycles. The molecule has 0 unspecified atom stereocenters. The van der Waals surface area contributed by atoms with Crippen LogP contribution < -0.4 is 5.69 Å². The lowest BCUT2D eigenvalue weighted by Crippen LogP contribution is -2.25. The van der Waals surface area contributed by atoms with E-state index >= 15 is 0 Å². The molecule has 2 bridgehead atoms. The molecule has 1 fully saturated rings. The van der Waals surface area contributed by atoms with Gasteiger partial charge < -0.3 is 0 Å². The summed E-state index contributed by atoms with van der Waals surface area (Å²) < 4.78 is 1.86. The Morgan fingerprint density at radius 3 is 2.77 bits per heavy atom. The van der Waals surface area contributed by atoms with E-state index in [9.17, 15) is 4.79 Å². The van der Waals surface area contributed by atoms with Crippen LogP contribution in [0.2, 0.25) is 5.02 Å². The fraction of sp³-hybridized carbons (Fsp3) is 0.375. The van der Waals surface area contributed by atoms with Crippen LogP contribution in [0.25, 0.3) is 0 Å². The number of H-pyrrole nitrogens is 1. The molecule has 0 radical (unpaired) electrons. The van der Waals surface area contributed by atoms with Crippen LogP contribution in [0.15, 0.2) is 46.4 Å². The molecule has 2 aliphatic carbocycles. The Labute approximate surface area is 137 Å². The van der Waals surface area contributed by atoms with Crippen molar-refractivity contribution in [2.45, 2.75) is 29.8 Å². The SMILES string of the molecule is O=c1[nH]nc(SCc2ccc(Cl)cc2)n1[C@H]1C[C@H]2C=C[C@H]1C2. The van der Waals surface area contributed by atoms with Crippen LogP contribution in [-0.2, 0) is 5.75 Å². The third-order valence-corrected chi connectivity index (χ3v) is 5.80. The zero-order valence-electron chi connectivity index (χ0n) is 11.9. The van der Waals surface area contributed by atoms with E-state index < -0.39 is 0 Å². The molecule has 114 valence electrons. The smallest absolute Gasteiger partial charge is 0.266 e. The van der Waals surface area contributed by atoms with E-state index in [0.29, 0.717) is 11.8 Å². The second-order valence-electron chi connectivity index (χ2n) is 5.94. The molecule has 0 amide bonds. The normalized spacial score (nSPS) is 26.0. The molecule has 22 heavy (non-hydrogen) atoms. The minimum atomic E-state index is -0.0930. The number of benzene rings is 1. The van der Waals surface area contributed by atoms with E-state index in [1.165, 1.54) is 12.0 Å². The van der Waals surface area contributed by atoms with Crippen molar-refractivity contribution < 1.29 is 0 Å². The van der Waals surface area contributed by atoms with Crippen LogP contribution >= 0.6 is 23.4 Å². The molecule has 4 nitrogen and oxygen atoms in total. The number of aromatic nitrogens is 3. The third kappa shape index (κ3) is 2.52. The van der Waals surface area contributed by atoms with Gasteiger partial charge in [0.1, 0.15) is 0 Å². The van der Waals surface area contributed by atoms with Crippen molar-refractivity contribution in [3.63, 3.8) is 0 Å². The van der Waals surface area contributed by atoms with Gasteiger partial charge in [-0.15, -0.1) is 5.10 Å². The Morgan fingerprint density at radius 1 is 1.27 bits per heavy atom. The van der Waals surface area contributed by atoms with Crippen molar-refractivity contribution in [1.82, 2.24) is 14.8 Å². The summed E-state index contributed by atoms with van der Waals surface area (Å²) in [6.07, 6.45) is 6.76. The van der Waals surface area contributed by atoms with Gasteiger partial charge in [-0.3, -0.25) is 4.57 Å². The number of allylic oxidation sites excluding steroid dienone is 2. The second kappa shape index (κ2) is 5.63. The highest BCUT2D eigenvalue weighted by molar-refractivity contribution is 7.98. The van der Waals surface area contributed by atoms with Gasteiger partial charge in [0.25, 0.3) is 0 Å².